The SMILES string of the molecule is COc1cccc(C(C)(I)NCC#Cc2cccc(C3(OC)CCOCC3)c2)c1. The molecular formula is C24H28INO3. The summed E-state index contributed by atoms with van der Waals surface area (Å²) in [6.07, 6.45) is 1.74. The number of methoxy groups -OCH3 is 2. The van der Waals surface area contributed by atoms with E-state index in [1.54, 1.807) is 14.2 Å². The normalized spacial score (nSPS) is 17.7. The Morgan fingerprint density at radius 3 is 2.62 bits per heavy atom. The first-order valence-corrected chi connectivity index (χ1v) is 10.9. The van der Waals surface area contributed by atoms with Gasteiger partial charge in [-0.3, -0.25) is 5.32 Å². The van der Waals surface area contributed by atoms with E-state index in [1.165, 1.54) is 5.56 Å². The standard InChI is InChI=1S/C24H28INO3/c1-23(25,20-9-5-11-22(18-20)27-2)26-14-6-8-19-7-4-10-21(17-19)24(28-3)12-15-29-16-13-24/h4-5,7,9-11,17-18,26H,12-16H2,1-3H3. The second-order valence-corrected chi connectivity index (χ2v) is 9.44. The molecule has 5 heteroatoms. The Morgan fingerprint density at radius 1 is 1.14 bits per heavy atom. The number of hydrogen-bond donors (Lipinski definition) is 1. The number of nitrogens with one attached hydrogen (secondary N) is 1. The molecule has 154 valence electrons. The van der Waals surface area contributed by atoms with Gasteiger partial charge in [0.25, 0.3) is 0 Å². The van der Waals surface area contributed by atoms with Gasteiger partial charge in [-0.25, -0.2) is 0 Å². The van der Waals surface area contributed by atoms with Crippen molar-refractivity contribution in [3.8, 4) is 17.6 Å². The molecule has 1 N–H and O–H groups in total. The molecule has 1 fully saturated rings. The number of rotatable bonds is 6. The van der Waals surface area contributed by atoms with Crippen molar-refractivity contribution in [1.29, 1.82) is 0 Å². The fourth-order valence-electron chi connectivity index (χ4n) is 3.57. The third kappa shape index (κ3) is 5.52. The first-order chi connectivity index (χ1) is 14.0. The van der Waals surface area contributed by atoms with Crippen molar-refractivity contribution in [2.24, 2.45) is 0 Å². The highest BCUT2D eigenvalue weighted by Gasteiger charge is 2.34. The molecule has 1 aliphatic heterocycles. The largest absolute Gasteiger partial charge is 0.497 e. The van der Waals surface area contributed by atoms with Crippen molar-refractivity contribution in [3.05, 3.63) is 65.2 Å². The monoisotopic (exact) mass is 505 g/mol. The van der Waals surface area contributed by atoms with E-state index in [0.29, 0.717) is 6.54 Å². The van der Waals surface area contributed by atoms with Crippen LogP contribution in [0.15, 0.2) is 48.5 Å². The van der Waals surface area contributed by atoms with Gasteiger partial charge in [-0.05, 0) is 42.3 Å². The lowest BCUT2D eigenvalue weighted by Crippen LogP contribution is -2.35. The van der Waals surface area contributed by atoms with Crippen LogP contribution in [0.1, 0.15) is 36.5 Å². The maximum atomic E-state index is 5.91. The molecule has 1 heterocycles. The predicted octanol–water partition coefficient (Wildman–Crippen LogP) is 4.60. The second-order valence-electron chi connectivity index (χ2n) is 7.28. The summed E-state index contributed by atoms with van der Waals surface area (Å²) in [6, 6.07) is 16.5. The van der Waals surface area contributed by atoms with Crippen LogP contribution in [0.5, 0.6) is 5.75 Å². The number of benzene rings is 2. The number of alkyl halides is 1. The van der Waals surface area contributed by atoms with Crippen LogP contribution in [0.3, 0.4) is 0 Å². The summed E-state index contributed by atoms with van der Waals surface area (Å²) in [5.41, 5.74) is 3.08. The van der Waals surface area contributed by atoms with Gasteiger partial charge >= 0.3 is 0 Å². The molecule has 1 aliphatic rings. The molecule has 29 heavy (non-hydrogen) atoms. The van der Waals surface area contributed by atoms with Crippen LogP contribution >= 0.6 is 22.6 Å². The van der Waals surface area contributed by atoms with Gasteiger partial charge in [-0.2, -0.15) is 0 Å². The molecule has 0 amide bonds. The van der Waals surface area contributed by atoms with Crippen LogP contribution in [0, 0.1) is 11.8 Å². The van der Waals surface area contributed by atoms with Gasteiger partial charge in [0.15, 0.2) is 0 Å². The van der Waals surface area contributed by atoms with Gasteiger partial charge in [-0.1, -0.05) is 58.7 Å². The van der Waals surface area contributed by atoms with Crippen molar-refractivity contribution < 1.29 is 14.2 Å². The van der Waals surface area contributed by atoms with E-state index in [-0.39, 0.29) is 9.15 Å². The smallest absolute Gasteiger partial charge is 0.119 e. The lowest BCUT2D eigenvalue weighted by molar-refractivity contribution is -0.0947. The average molecular weight is 505 g/mol. The maximum absolute atomic E-state index is 5.91. The highest BCUT2D eigenvalue weighted by Crippen LogP contribution is 2.35. The van der Waals surface area contributed by atoms with Gasteiger partial charge in [-0.15, -0.1) is 0 Å². The Labute approximate surface area is 187 Å². The number of halogens is 1. The van der Waals surface area contributed by atoms with Crippen molar-refractivity contribution in [3.63, 3.8) is 0 Å². The van der Waals surface area contributed by atoms with Gasteiger partial charge in [0.2, 0.25) is 0 Å². The molecule has 0 saturated carbocycles. The van der Waals surface area contributed by atoms with Crippen LogP contribution in [0.4, 0.5) is 0 Å². The van der Waals surface area contributed by atoms with Gasteiger partial charge in [0.05, 0.1) is 22.8 Å². The van der Waals surface area contributed by atoms with Gasteiger partial charge in [0, 0.05) is 38.7 Å². The van der Waals surface area contributed by atoms with E-state index in [9.17, 15) is 0 Å². The zero-order valence-electron chi connectivity index (χ0n) is 17.3. The lowest BCUT2D eigenvalue weighted by atomic mass is 9.85. The summed E-state index contributed by atoms with van der Waals surface area (Å²) < 4.78 is 16.5. The second kappa shape index (κ2) is 9.94. The lowest BCUT2D eigenvalue weighted by Gasteiger charge is -2.36. The minimum atomic E-state index is -0.263. The minimum absolute atomic E-state index is 0.231. The molecule has 2 aromatic carbocycles. The van der Waals surface area contributed by atoms with Gasteiger partial charge in [0.1, 0.15) is 5.75 Å². The van der Waals surface area contributed by atoms with Crippen molar-refractivity contribution >= 4 is 22.6 Å². The summed E-state index contributed by atoms with van der Waals surface area (Å²) in [6.45, 7) is 4.18. The van der Waals surface area contributed by atoms with E-state index >= 15 is 0 Å². The van der Waals surface area contributed by atoms with E-state index in [1.807, 2.05) is 18.2 Å². The fraction of sp³-hybridized carbons (Fsp3) is 0.417. The summed E-state index contributed by atoms with van der Waals surface area (Å²) >= 11 is 2.41. The Hall–Kier alpha value is -1.59. The molecular weight excluding hydrogens is 477 g/mol. The Morgan fingerprint density at radius 2 is 1.90 bits per heavy atom. The number of ether oxygens (including phenoxy) is 3. The molecule has 0 radical (unpaired) electrons. The summed E-state index contributed by atoms with van der Waals surface area (Å²) in [5.74, 6) is 7.40. The average Bonchev–Trinajstić information content (AvgIpc) is 2.77. The summed E-state index contributed by atoms with van der Waals surface area (Å²) in [4.78, 5) is 0. The molecule has 1 atom stereocenters. The van der Waals surface area contributed by atoms with Crippen molar-refractivity contribution in [2.75, 3.05) is 34.0 Å². The van der Waals surface area contributed by atoms with Crippen LogP contribution in [0.2, 0.25) is 0 Å². The summed E-state index contributed by atoms with van der Waals surface area (Å²) in [7, 11) is 3.47. The first-order valence-electron chi connectivity index (χ1n) is 9.80. The molecule has 0 aliphatic carbocycles. The van der Waals surface area contributed by atoms with Crippen molar-refractivity contribution in [1.82, 2.24) is 5.32 Å². The molecule has 1 unspecified atom stereocenters. The Bertz CT molecular complexity index is 879. The highest BCUT2D eigenvalue weighted by atomic mass is 127. The zero-order chi connectivity index (χ0) is 20.7. The molecule has 0 bridgehead atoms. The van der Waals surface area contributed by atoms with Gasteiger partial charge < -0.3 is 14.2 Å². The Balaban J connectivity index is 1.67. The topological polar surface area (TPSA) is 39.7 Å². The molecule has 3 rings (SSSR count). The molecule has 0 spiro atoms. The first kappa shape index (κ1) is 22.1. The predicted molar refractivity (Wildman–Crippen MR) is 124 cm³/mol. The molecule has 0 aromatic heterocycles. The fourth-order valence-corrected chi connectivity index (χ4v) is 4.09. The van der Waals surface area contributed by atoms with E-state index in [4.69, 9.17) is 14.2 Å². The third-order valence-electron chi connectivity index (χ3n) is 5.43. The maximum Gasteiger partial charge on any atom is 0.119 e. The summed E-state index contributed by atoms with van der Waals surface area (Å²) in [5, 5.41) is 3.51. The third-order valence-corrected chi connectivity index (χ3v) is 6.44. The van der Waals surface area contributed by atoms with Crippen LogP contribution < -0.4 is 10.1 Å². The Kier molecular flexibility index (Phi) is 7.58. The minimum Gasteiger partial charge on any atom is -0.497 e. The van der Waals surface area contributed by atoms with E-state index < -0.39 is 0 Å². The van der Waals surface area contributed by atoms with E-state index in [0.717, 1.165) is 42.9 Å². The van der Waals surface area contributed by atoms with Crippen LogP contribution in [0.25, 0.3) is 0 Å². The quantitative estimate of drug-likeness (QED) is 0.270. The molecule has 4 nitrogen and oxygen atoms in total. The number of hydrogen-bond acceptors (Lipinski definition) is 4. The molecule has 2 aromatic rings. The highest BCUT2D eigenvalue weighted by molar-refractivity contribution is 14.1. The molecule has 1 saturated heterocycles. The zero-order valence-corrected chi connectivity index (χ0v) is 19.4. The van der Waals surface area contributed by atoms with E-state index in [2.05, 4.69) is 77.0 Å². The van der Waals surface area contributed by atoms with Crippen LogP contribution in [-0.4, -0.2) is 34.0 Å². The van der Waals surface area contributed by atoms with Crippen molar-refractivity contribution in [2.45, 2.75) is 28.9 Å². The van der Waals surface area contributed by atoms with Crippen LogP contribution in [-0.2, 0) is 18.6 Å².